The van der Waals surface area contributed by atoms with Crippen LogP contribution >= 0.6 is 11.6 Å². The maximum Gasteiger partial charge on any atom is 0.159 e. The van der Waals surface area contributed by atoms with Gasteiger partial charge in [-0.1, -0.05) is 11.6 Å². The van der Waals surface area contributed by atoms with E-state index in [-0.39, 0.29) is 11.9 Å². The topological polar surface area (TPSA) is 88.2 Å². The summed E-state index contributed by atoms with van der Waals surface area (Å²) in [4.78, 5) is 13.5. The van der Waals surface area contributed by atoms with E-state index in [1.165, 1.54) is 12.1 Å². The number of aliphatic hydroxyl groups is 1. The van der Waals surface area contributed by atoms with Gasteiger partial charge in [0.25, 0.3) is 0 Å². The van der Waals surface area contributed by atoms with Crippen LogP contribution < -0.4 is 5.32 Å². The van der Waals surface area contributed by atoms with Crippen molar-refractivity contribution < 1.29 is 9.50 Å². The minimum atomic E-state index is -0.603. The van der Waals surface area contributed by atoms with Gasteiger partial charge in [-0.05, 0) is 51.7 Å². The first-order chi connectivity index (χ1) is 14.8. The summed E-state index contributed by atoms with van der Waals surface area (Å²) < 4.78 is 15.4. The Hall–Kier alpha value is -2.84. The summed E-state index contributed by atoms with van der Waals surface area (Å²) in [6.07, 6.45) is 3.17. The van der Waals surface area contributed by atoms with E-state index in [9.17, 15) is 9.50 Å². The summed E-state index contributed by atoms with van der Waals surface area (Å²) in [5.41, 5.74) is 2.92. The van der Waals surface area contributed by atoms with Crippen LogP contribution in [-0.2, 0) is 0 Å². The lowest BCUT2D eigenvalue weighted by Gasteiger charge is -2.33. The smallest absolute Gasteiger partial charge is 0.159 e. The molecular weight excluding hydrogens is 419 g/mol. The molecule has 160 valence electrons. The molecule has 1 aliphatic rings. The lowest BCUT2D eigenvalue weighted by atomic mass is 9.84. The first kappa shape index (κ1) is 20.1. The highest BCUT2D eigenvalue weighted by atomic mass is 35.5. The molecule has 0 spiro atoms. The Morgan fingerprint density at radius 1 is 1.13 bits per heavy atom. The number of fused-ring (bicyclic) bond motifs is 2. The minimum absolute atomic E-state index is 0.208. The van der Waals surface area contributed by atoms with Crippen molar-refractivity contribution in [1.29, 1.82) is 0 Å². The second kappa shape index (κ2) is 7.39. The van der Waals surface area contributed by atoms with Crippen LogP contribution in [-0.4, -0.2) is 41.3 Å². The standard InChI is InChI=1S/C22H22ClFN6O/c1-12-21(27-16-9-13(24)3-4-15(16)25-12)17-10-19-28-18(23)11-20(30(19)29-17)26-14-5-7-22(2,31)8-6-14/h3-4,9-11,14,26,31H,5-8H2,1-2H3/t14-,22-. The molecule has 1 aliphatic carbocycles. The van der Waals surface area contributed by atoms with Crippen molar-refractivity contribution in [3.63, 3.8) is 0 Å². The third-order valence-electron chi connectivity index (χ3n) is 5.85. The van der Waals surface area contributed by atoms with Gasteiger partial charge in [0.05, 0.1) is 22.3 Å². The number of hydrogen-bond donors (Lipinski definition) is 2. The van der Waals surface area contributed by atoms with Gasteiger partial charge in [0.1, 0.15) is 28.2 Å². The molecule has 0 atom stereocenters. The van der Waals surface area contributed by atoms with Crippen LogP contribution in [0.15, 0.2) is 30.3 Å². The molecule has 1 saturated carbocycles. The van der Waals surface area contributed by atoms with E-state index in [1.54, 1.807) is 22.7 Å². The maximum absolute atomic E-state index is 13.7. The summed E-state index contributed by atoms with van der Waals surface area (Å²) in [7, 11) is 0. The normalized spacial score (nSPS) is 21.6. The molecule has 0 aliphatic heterocycles. The zero-order valence-corrected chi connectivity index (χ0v) is 18.0. The maximum atomic E-state index is 13.7. The number of rotatable bonds is 3. The lowest BCUT2D eigenvalue weighted by molar-refractivity contribution is 0.0196. The molecule has 3 aromatic heterocycles. The largest absolute Gasteiger partial charge is 0.390 e. The molecule has 1 fully saturated rings. The van der Waals surface area contributed by atoms with Crippen molar-refractivity contribution in [3.8, 4) is 11.4 Å². The number of nitrogens with one attached hydrogen (secondary N) is 1. The monoisotopic (exact) mass is 440 g/mol. The van der Waals surface area contributed by atoms with E-state index < -0.39 is 5.60 Å². The van der Waals surface area contributed by atoms with Crippen LogP contribution in [0.4, 0.5) is 10.2 Å². The second-order valence-corrected chi connectivity index (χ2v) is 8.86. The summed E-state index contributed by atoms with van der Waals surface area (Å²) >= 11 is 6.27. The zero-order chi connectivity index (χ0) is 21.8. The number of halogens is 2. The number of benzene rings is 1. The molecule has 9 heteroatoms. The van der Waals surface area contributed by atoms with Crippen molar-refractivity contribution in [2.75, 3.05) is 5.32 Å². The van der Waals surface area contributed by atoms with E-state index in [4.69, 9.17) is 16.7 Å². The Labute approximate surface area is 183 Å². The molecule has 0 amide bonds. The molecule has 2 N–H and O–H groups in total. The third kappa shape index (κ3) is 3.93. The fourth-order valence-electron chi connectivity index (χ4n) is 4.11. The predicted octanol–water partition coefficient (Wildman–Crippen LogP) is 4.55. The highest BCUT2D eigenvalue weighted by molar-refractivity contribution is 6.29. The zero-order valence-electron chi connectivity index (χ0n) is 17.2. The van der Waals surface area contributed by atoms with Crippen molar-refractivity contribution in [2.45, 2.75) is 51.2 Å². The third-order valence-corrected chi connectivity index (χ3v) is 6.05. The number of aryl methyl sites for hydroxylation is 1. The Bertz CT molecular complexity index is 1290. The molecule has 7 nitrogen and oxygen atoms in total. The average Bonchev–Trinajstić information content (AvgIpc) is 3.13. The predicted molar refractivity (Wildman–Crippen MR) is 118 cm³/mol. The van der Waals surface area contributed by atoms with Crippen molar-refractivity contribution >= 4 is 34.1 Å². The van der Waals surface area contributed by atoms with Crippen LogP contribution in [0.5, 0.6) is 0 Å². The van der Waals surface area contributed by atoms with Gasteiger partial charge in [0, 0.05) is 24.2 Å². The van der Waals surface area contributed by atoms with Gasteiger partial charge >= 0.3 is 0 Å². The summed E-state index contributed by atoms with van der Waals surface area (Å²) in [5, 5.41) is 18.8. The fourth-order valence-corrected chi connectivity index (χ4v) is 4.30. The van der Waals surface area contributed by atoms with Crippen LogP contribution in [0, 0.1) is 12.7 Å². The Balaban J connectivity index is 1.54. The number of hydrogen-bond acceptors (Lipinski definition) is 6. The van der Waals surface area contributed by atoms with Crippen molar-refractivity contribution in [1.82, 2.24) is 24.6 Å². The van der Waals surface area contributed by atoms with Crippen molar-refractivity contribution in [3.05, 3.63) is 47.0 Å². The van der Waals surface area contributed by atoms with Crippen LogP contribution in [0.3, 0.4) is 0 Å². The molecule has 5 rings (SSSR count). The molecule has 1 aromatic carbocycles. The quantitative estimate of drug-likeness (QED) is 0.454. The van der Waals surface area contributed by atoms with Gasteiger partial charge in [-0.25, -0.2) is 19.3 Å². The lowest BCUT2D eigenvalue weighted by Crippen LogP contribution is -2.36. The van der Waals surface area contributed by atoms with E-state index in [1.807, 2.05) is 13.8 Å². The Morgan fingerprint density at radius 3 is 2.68 bits per heavy atom. The van der Waals surface area contributed by atoms with Gasteiger partial charge in [0.2, 0.25) is 0 Å². The average molecular weight is 441 g/mol. The summed E-state index contributed by atoms with van der Waals surface area (Å²) in [6, 6.07) is 8.09. The van der Waals surface area contributed by atoms with Crippen LogP contribution in [0.2, 0.25) is 5.15 Å². The van der Waals surface area contributed by atoms with Gasteiger partial charge in [-0.3, -0.25) is 0 Å². The van der Waals surface area contributed by atoms with Gasteiger partial charge < -0.3 is 10.4 Å². The minimum Gasteiger partial charge on any atom is -0.390 e. The molecule has 0 bridgehead atoms. The Morgan fingerprint density at radius 2 is 1.90 bits per heavy atom. The molecule has 31 heavy (non-hydrogen) atoms. The Kier molecular flexibility index (Phi) is 4.79. The number of aromatic nitrogens is 5. The highest BCUT2D eigenvalue weighted by Gasteiger charge is 2.29. The first-order valence-corrected chi connectivity index (χ1v) is 10.6. The highest BCUT2D eigenvalue weighted by Crippen LogP contribution is 2.31. The second-order valence-electron chi connectivity index (χ2n) is 8.47. The molecule has 3 heterocycles. The van der Waals surface area contributed by atoms with Crippen LogP contribution in [0.1, 0.15) is 38.3 Å². The fraction of sp³-hybridized carbons (Fsp3) is 0.364. The molecule has 0 radical (unpaired) electrons. The van der Waals surface area contributed by atoms with E-state index >= 15 is 0 Å². The van der Waals surface area contributed by atoms with E-state index in [0.29, 0.717) is 38.9 Å². The number of nitrogens with zero attached hydrogens (tertiary/aromatic N) is 5. The summed E-state index contributed by atoms with van der Waals surface area (Å²) in [5.74, 6) is 0.364. The number of anilines is 1. The molecule has 4 aromatic rings. The molecular formula is C22H22ClFN6O. The van der Waals surface area contributed by atoms with Gasteiger partial charge in [-0.15, -0.1) is 0 Å². The van der Waals surface area contributed by atoms with Gasteiger partial charge in [-0.2, -0.15) is 9.61 Å². The van der Waals surface area contributed by atoms with Gasteiger partial charge in [0.15, 0.2) is 5.65 Å². The summed E-state index contributed by atoms with van der Waals surface area (Å²) in [6.45, 7) is 3.73. The van der Waals surface area contributed by atoms with E-state index in [0.717, 1.165) is 31.5 Å². The molecule has 0 saturated heterocycles. The SMILES string of the molecule is Cc1nc2ccc(F)cc2nc1-c1cc2nc(Cl)cc(N[C@H]3CC[C@](C)(O)CC3)n2n1. The van der Waals surface area contributed by atoms with E-state index in [2.05, 4.69) is 20.3 Å². The van der Waals surface area contributed by atoms with Crippen molar-refractivity contribution in [2.24, 2.45) is 0 Å². The van der Waals surface area contributed by atoms with Crippen LogP contribution in [0.25, 0.3) is 28.1 Å². The first-order valence-electron chi connectivity index (χ1n) is 10.3. The molecule has 0 unspecified atom stereocenters.